The minimum atomic E-state index is -0.395. The lowest BCUT2D eigenvalue weighted by Crippen LogP contribution is -2.29. The number of hydrogen-bond acceptors (Lipinski definition) is 6. The van der Waals surface area contributed by atoms with Crippen molar-refractivity contribution in [2.45, 2.75) is 45.1 Å². The number of carbonyl (C=O) groups is 3. The summed E-state index contributed by atoms with van der Waals surface area (Å²) in [7, 11) is 0. The molecule has 0 radical (unpaired) electrons. The zero-order valence-corrected chi connectivity index (χ0v) is 17.7. The Morgan fingerprint density at radius 2 is 1.73 bits per heavy atom. The molecule has 0 unspecified atom stereocenters. The third kappa shape index (κ3) is 6.35. The number of hydrogen-bond donors (Lipinski definition) is 0. The standard InChI is InChI=1S/C23H25NO5S/c1-2-28-22(26)14-15-23(27)30-24-18(10-13-21(24)25)16-17-8-11-20(12-9-17)29-19-6-4-3-5-7-19/h3-9,11-12,18H,2,10,13-16H2,1H3/t18-/m1/s1. The van der Waals surface area contributed by atoms with Crippen molar-refractivity contribution in [3.63, 3.8) is 0 Å². The third-order valence-corrected chi connectivity index (χ3v) is 5.79. The highest BCUT2D eigenvalue weighted by Gasteiger charge is 2.33. The summed E-state index contributed by atoms with van der Waals surface area (Å²) in [5.41, 5.74) is 1.07. The molecule has 0 aliphatic carbocycles. The van der Waals surface area contributed by atoms with Crippen molar-refractivity contribution in [1.82, 2.24) is 4.31 Å². The number of benzene rings is 2. The van der Waals surface area contributed by atoms with Crippen LogP contribution in [0.25, 0.3) is 0 Å². The Bertz CT molecular complexity index is 869. The Morgan fingerprint density at radius 1 is 1.03 bits per heavy atom. The van der Waals surface area contributed by atoms with E-state index in [0.29, 0.717) is 25.9 Å². The largest absolute Gasteiger partial charge is 0.466 e. The molecule has 158 valence electrons. The number of para-hydroxylation sites is 1. The van der Waals surface area contributed by atoms with Crippen molar-refractivity contribution in [1.29, 1.82) is 0 Å². The van der Waals surface area contributed by atoms with E-state index in [9.17, 15) is 14.4 Å². The molecule has 0 spiro atoms. The van der Waals surface area contributed by atoms with Crippen molar-refractivity contribution in [3.05, 3.63) is 60.2 Å². The second-order valence-electron chi connectivity index (χ2n) is 6.94. The van der Waals surface area contributed by atoms with Gasteiger partial charge in [-0.2, -0.15) is 0 Å². The Morgan fingerprint density at radius 3 is 2.43 bits per heavy atom. The molecule has 1 atom stereocenters. The van der Waals surface area contributed by atoms with Gasteiger partial charge < -0.3 is 9.47 Å². The second-order valence-corrected chi connectivity index (χ2v) is 7.97. The first-order valence-electron chi connectivity index (χ1n) is 10.1. The van der Waals surface area contributed by atoms with Gasteiger partial charge in [-0.05, 0) is 49.6 Å². The van der Waals surface area contributed by atoms with E-state index in [4.69, 9.17) is 9.47 Å². The fourth-order valence-electron chi connectivity index (χ4n) is 3.21. The molecule has 7 heteroatoms. The molecule has 0 N–H and O–H groups in total. The minimum absolute atomic E-state index is 0.0370. The van der Waals surface area contributed by atoms with E-state index in [0.717, 1.165) is 29.0 Å². The van der Waals surface area contributed by atoms with Gasteiger partial charge in [0, 0.05) is 30.8 Å². The maximum atomic E-state index is 12.2. The van der Waals surface area contributed by atoms with Crippen LogP contribution >= 0.6 is 11.9 Å². The van der Waals surface area contributed by atoms with Crippen LogP contribution in [-0.2, 0) is 25.5 Å². The Labute approximate surface area is 180 Å². The summed E-state index contributed by atoms with van der Waals surface area (Å²) < 4.78 is 12.2. The first kappa shape index (κ1) is 21.9. The molecule has 0 saturated carbocycles. The van der Waals surface area contributed by atoms with Crippen LogP contribution in [0.2, 0.25) is 0 Å². The van der Waals surface area contributed by atoms with Gasteiger partial charge in [-0.25, -0.2) is 0 Å². The topological polar surface area (TPSA) is 72.9 Å². The SMILES string of the molecule is CCOC(=O)CCC(=O)SN1C(=O)CC[C@@H]1Cc1ccc(Oc2ccccc2)cc1. The Balaban J connectivity index is 1.53. The molecule has 1 saturated heterocycles. The highest BCUT2D eigenvalue weighted by Crippen LogP contribution is 2.31. The predicted molar refractivity (Wildman–Crippen MR) is 115 cm³/mol. The Kier molecular flexibility index (Phi) is 7.90. The molecule has 6 nitrogen and oxygen atoms in total. The van der Waals surface area contributed by atoms with E-state index in [1.807, 2.05) is 54.6 Å². The highest BCUT2D eigenvalue weighted by molar-refractivity contribution is 8.12. The number of esters is 1. The molecule has 0 bridgehead atoms. The lowest BCUT2D eigenvalue weighted by Gasteiger charge is -2.22. The summed E-state index contributed by atoms with van der Waals surface area (Å²) in [6.45, 7) is 2.02. The van der Waals surface area contributed by atoms with Crippen LogP contribution in [0.5, 0.6) is 11.5 Å². The van der Waals surface area contributed by atoms with Gasteiger partial charge in [0.05, 0.1) is 13.0 Å². The zero-order valence-electron chi connectivity index (χ0n) is 16.9. The van der Waals surface area contributed by atoms with Gasteiger partial charge in [0.15, 0.2) is 0 Å². The molecule has 1 aliphatic heterocycles. The molecule has 1 fully saturated rings. The van der Waals surface area contributed by atoms with Gasteiger partial charge in [-0.3, -0.25) is 18.7 Å². The van der Waals surface area contributed by atoms with Crippen LogP contribution in [-0.4, -0.2) is 33.9 Å². The number of carbonyl (C=O) groups excluding carboxylic acids is 3. The molecule has 2 aromatic carbocycles. The fourth-order valence-corrected chi connectivity index (χ4v) is 4.15. The van der Waals surface area contributed by atoms with Crippen LogP contribution in [0.3, 0.4) is 0 Å². The summed E-state index contributed by atoms with van der Waals surface area (Å²) >= 11 is 0.920. The van der Waals surface area contributed by atoms with E-state index in [1.54, 1.807) is 11.2 Å². The summed E-state index contributed by atoms with van der Waals surface area (Å²) in [6, 6.07) is 17.3. The highest BCUT2D eigenvalue weighted by atomic mass is 32.2. The van der Waals surface area contributed by atoms with Gasteiger partial charge in [0.1, 0.15) is 11.5 Å². The van der Waals surface area contributed by atoms with Gasteiger partial charge in [0.25, 0.3) is 0 Å². The van der Waals surface area contributed by atoms with Crippen molar-refractivity contribution < 1.29 is 23.9 Å². The normalized spacial score (nSPS) is 15.8. The van der Waals surface area contributed by atoms with Gasteiger partial charge in [-0.1, -0.05) is 30.3 Å². The van der Waals surface area contributed by atoms with Crippen LogP contribution in [0.1, 0.15) is 38.2 Å². The van der Waals surface area contributed by atoms with Crippen LogP contribution in [0, 0.1) is 0 Å². The van der Waals surface area contributed by atoms with Crippen molar-refractivity contribution in [3.8, 4) is 11.5 Å². The zero-order chi connectivity index (χ0) is 21.3. The lowest BCUT2D eigenvalue weighted by atomic mass is 10.0. The van der Waals surface area contributed by atoms with Gasteiger partial charge in [0.2, 0.25) is 11.0 Å². The second kappa shape index (κ2) is 10.8. The summed E-state index contributed by atoms with van der Waals surface area (Å²) in [5, 5.41) is -0.199. The van der Waals surface area contributed by atoms with Crippen LogP contribution in [0.15, 0.2) is 54.6 Å². The molecular weight excluding hydrogens is 402 g/mol. The minimum Gasteiger partial charge on any atom is -0.466 e. The van der Waals surface area contributed by atoms with E-state index in [2.05, 4.69) is 0 Å². The molecule has 1 aliphatic rings. The number of amides is 1. The molecule has 3 rings (SSSR count). The summed E-state index contributed by atoms with van der Waals surface area (Å²) in [4.78, 5) is 35.9. The van der Waals surface area contributed by atoms with E-state index in [-0.39, 0.29) is 29.9 Å². The quantitative estimate of drug-likeness (QED) is 0.432. The van der Waals surface area contributed by atoms with Gasteiger partial charge in [-0.15, -0.1) is 0 Å². The first-order valence-corrected chi connectivity index (χ1v) is 10.8. The van der Waals surface area contributed by atoms with Crippen molar-refractivity contribution in [2.24, 2.45) is 0 Å². The average molecular weight is 428 g/mol. The molecular formula is C23H25NO5S. The lowest BCUT2D eigenvalue weighted by molar-refractivity contribution is -0.143. The third-order valence-electron chi connectivity index (χ3n) is 4.68. The number of rotatable bonds is 9. The summed E-state index contributed by atoms with van der Waals surface area (Å²) in [6.07, 6.45) is 1.90. The molecule has 30 heavy (non-hydrogen) atoms. The molecule has 1 heterocycles. The van der Waals surface area contributed by atoms with Gasteiger partial charge >= 0.3 is 5.97 Å². The maximum Gasteiger partial charge on any atom is 0.306 e. The monoisotopic (exact) mass is 427 g/mol. The fraction of sp³-hybridized carbons (Fsp3) is 0.348. The van der Waals surface area contributed by atoms with Crippen LogP contribution in [0.4, 0.5) is 0 Å². The predicted octanol–water partition coefficient (Wildman–Crippen LogP) is 4.53. The van der Waals surface area contributed by atoms with E-state index in [1.165, 1.54) is 0 Å². The molecule has 2 aromatic rings. The van der Waals surface area contributed by atoms with E-state index < -0.39 is 5.97 Å². The van der Waals surface area contributed by atoms with Crippen molar-refractivity contribution in [2.75, 3.05) is 6.61 Å². The smallest absolute Gasteiger partial charge is 0.306 e. The number of nitrogens with zero attached hydrogens (tertiary/aromatic N) is 1. The maximum absolute atomic E-state index is 12.2. The first-order chi connectivity index (χ1) is 14.5. The van der Waals surface area contributed by atoms with Crippen molar-refractivity contribution >= 4 is 28.9 Å². The summed E-state index contributed by atoms with van der Waals surface area (Å²) in [5.74, 6) is 1.08. The average Bonchev–Trinajstić information content (AvgIpc) is 3.08. The molecule has 1 amide bonds. The molecule has 0 aromatic heterocycles. The number of ether oxygens (including phenoxy) is 2. The van der Waals surface area contributed by atoms with E-state index >= 15 is 0 Å². The Hall–Kier alpha value is -2.80. The van der Waals surface area contributed by atoms with Crippen LogP contribution < -0.4 is 4.74 Å².